The van der Waals surface area contributed by atoms with Gasteiger partial charge >= 0.3 is 11.9 Å². The van der Waals surface area contributed by atoms with Crippen molar-refractivity contribution < 1.29 is 23.8 Å². The van der Waals surface area contributed by atoms with Gasteiger partial charge < -0.3 is 14.2 Å². The van der Waals surface area contributed by atoms with Crippen molar-refractivity contribution in [2.24, 2.45) is 4.99 Å². The molecule has 8 nitrogen and oxygen atoms in total. The van der Waals surface area contributed by atoms with E-state index in [0.717, 1.165) is 24.1 Å². The highest BCUT2D eigenvalue weighted by atomic mass is 127. The van der Waals surface area contributed by atoms with Gasteiger partial charge in [-0.3, -0.25) is 9.36 Å². The molecule has 0 aliphatic carbocycles. The number of carbonyl (C=O) groups excluding carboxylic acids is 2. The van der Waals surface area contributed by atoms with Crippen LogP contribution in [0.25, 0.3) is 11.8 Å². The quantitative estimate of drug-likeness (QED) is 0.111. The van der Waals surface area contributed by atoms with Crippen molar-refractivity contribution in [2.75, 3.05) is 26.1 Å². The number of hydrogen-bond donors (Lipinski definition) is 0. The van der Waals surface area contributed by atoms with E-state index in [1.54, 1.807) is 36.3 Å². The Labute approximate surface area is 290 Å². The summed E-state index contributed by atoms with van der Waals surface area (Å²) >= 11 is 8.48. The Hall–Kier alpha value is -3.20. The van der Waals surface area contributed by atoms with Crippen LogP contribution in [0.4, 0.5) is 0 Å². The monoisotopic (exact) mass is 818 g/mol. The number of hydrogen-bond acceptors (Lipinski definition) is 9. The topological polar surface area (TPSA) is 96.2 Å². The van der Waals surface area contributed by atoms with E-state index in [1.165, 1.54) is 11.3 Å². The van der Waals surface area contributed by atoms with E-state index < -0.39 is 18.0 Å². The normalized spacial score (nSPS) is 14.5. The molecule has 2 heterocycles. The van der Waals surface area contributed by atoms with Crippen LogP contribution in [-0.4, -0.2) is 42.6 Å². The van der Waals surface area contributed by atoms with E-state index in [2.05, 4.69) is 38.5 Å². The third kappa shape index (κ3) is 7.29. The van der Waals surface area contributed by atoms with Gasteiger partial charge in [-0.25, -0.2) is 14.6 Å². The third-order valence-electron chi connectivity index (χ3n) is 6.77. The first-order chi connectivity index (χ1) is 21.7. The number of fused-ring (bicyclic) bond motifs is 1. The number of halogens is 2. The Bertz CT molecular complexity index is 1960. The molecular formula is C33H28BrIN2O6S2. The average molecular weight is 820 g/mol. The highest BCUT2D eigenvalue weighted by Gasteiger charge is 2.35. The molecule has 0 fully saturated rings. The second-order valence-corrected chi connectivity index (χ2v) is 13.6. The molecule has 1 aliphatic rings. The number of ether oxygens (including phenoxy) is 3. The second-order valence-electron chi connectivity index (χ2n) is 9.60. The summed E-state index contributed by atoms with van der Waals surface area (Å²) < 4.78 is 19.9. The highest BCUT2D eigenvalue weighted by molar-refractivity contribution is 14.1. The lowest BCUT2D eigenvalue weighted by Gasteiger charge is -2.26. The van der Waals surface area contributed by atoms with Crippen molar-refractivity contribution in [3.8, 4) is 5.75 Å². The molecule has 0 saturated carbocycles. The van der Waals surface area contributed by atoms with Gasteiger partial charge in [0.2, 0.25) is 0 Å². The van der Waals surface area contributed by atoms with Gasteiger partial charge in [0.1, 0.15) is 5.75 Å². The molecule has 4 aromatic rings. The van der Waals surface area contributed by atoms with Gasteiger partial charge in [-0.15, -0.1) is 11.8 Å². The van der Waals surface area contributed by atoms with E-state index in [0.29, 0.717) is 26.3 Å². The van der Waals surface area contributed by atoms with E-state index in [9.17, 15) is 14.4 Å². The molecule has 1 atom stereocenters. The fourth-order valence-electron chi connectivity index (χ4n) is 4.86. The van der Waals surface area contributed by atoms with Crippen LogP contribution in [-0.2, 0) is 19.1 Å². The Kier molecular flexibility index (Phi) is 11.0. The van der Waals surface area contributed by atoms with Crippen LogP contribution in [0.2, 0.25) is 0 Å². The molecule has 1 aromatic heterocycles. The van der Waals surface area contributed by atoms with Crippen molar-refractivity contribution in [3.05, 3.63) is 117 Å². The standard InChI is InChI=1S/C33H28BrIN2O6S2/c1-4-41-26(38)18-43-30-21(15-22(34)17-24(30)35)16-25-31(39)37-29(20-11-13-23(44-3)14-12-20)27(32(40)42-5-2)28(36-33(37)45-25)19-9-7-6-8-10-19/h6-17,29H,4-5,18H2,1-3H3/b25-16-/t29-/m1/s1. The molecule has 0 bridgehead atoms. The highest BCUT2D eigenvalue weighted by Crippen LogP contribution is 2.36. The summed E-state index contributed by atoms with van der Waals surface area (Å²) in [6.45, 7) is 3.62. The molecule has 0 radical (unpaired) electrons. The molecule has 45 heavy (non-hydrogen) atoms. The molecule has 5 rings (SSSR count). The Balaban J connectivity index is 1.76. The summed E-state index contributed by atoms with van der Waals surface area (Å²) in [4.78, 5) is 46.4. The molecule has 12 heteroatoms. The lowest BCUT2D eigenvalue weighted by Crippen LogP contribution is -2.40. The summed E-state index contributed by atoms with van der Waals surface area (Å²) in [5.74, 6) is -0.586. The van der Waals surface area contributed by atoms with Crippen LogP contribution in [0.15, 0.2) is 91.5 Å². The average Bonchev–Trinajstić information content (AvgIpc) is 3.34. The summed E-state index contributed by atoms with van der Waals surface area (Å²) in [5, 5.41) is 0. The first kappa shape index (κ1) is 33.2. The Morgan fingerprint density at radius 2 is 1.78 bits per heavy atom. The maximum absolute atomic E-state index is 14.3. The van der Waals surface area contributed by atoms with E-state index in [1.807, 2.05) is 73.0 Å². The minimum absolute atomic E-state index is 0.170. The van der Waals surface area contributed by atoms with E-state index >= 15 is 0 Å². The fraction of sp³-hybridized carbons (Fsp3) is 0.212. The summed E-state index contributed by atoms with van der Waals surface area (Å²) in [6, 6.07) is 20.1. The van der Waals surface area contributed by atoms with E-state index in [-0.39, 0.29) is 31.0 Å². The van der Waals surface area contributed by atoms with Crippen molar-refractivity contribution >= 4 is 85.3 Å². The lowest BCUT2D eigenvalue weighted by atomic mass is 9.93. The summed E-state index contributed by atoms with van der Waals surface area (Å²) in [5.41, 5.74) is 2.50. The molecule has 0 unspecified atom stereocenters. The van der Waals surface area contributed by atoms with Crippen LogP contribution in [0.5, 0.6) is 5.75 Å². The van der Waals surface area contributed by atoms with Crippen molar-refractivity contribution in [3.63, 3.8) is 0 Å². The van der Waals surface area contributed by atoms with Gasteiger partial charge in [-0.2, -0.15) is 0 Å². The number of carbonyl (C=O) groups is 2. The predicted molar refractivity (Wildman–Crippen MR) is 188 cm³/mol. The molecule has 0 N–H and O–H groups in total. The summed E-state index contributed by atoms with van der Waals surface area (Å²) in [7, 11) is 0. The maximum atomic E-state index is 14.3. The SMILES string of the molecule is CCOC(=O)COc1c(I)cc(Br)cc1/C=c1\sc2n(c1=O)[C@H](c1ccc(SC)cc1)C(C(=O)OCC)=C(c1ccccc1)N=2. The molecule has 0 amide bonds. The van der Waals surface area contributed by atoms with Crippen molar-refractivity contribution in [1.29, 1.82) is 0 Å². The fourth-order valence-corrected chi connectivity index (χ4v) is 7.96. The number of esters is 2. The molecular weight excluding hydrogens is 791 g/mol. The van der Waals surface area contributed by atoms with E-state index in [4.69, 9.17) is 19.2 Å². The third-order valence-corrected chi connectivity index (χ3v) is 9.75. The number of rotatable bonds is 10. The van der Waals surface area contributed by atoms with Crippen LogP contribution in [0, 0.1) is 3.57 Å². The van der Waals surface area contributed by atoms with Gasteiger partial charge in [0.25, 0.3) is 5.56 Å². The predicted octanol–water partition coefficient (Wildman–Crippen LogP) is 5.97. The zero-order chi connectivity index (χ0) is 32.1. The first-order valence-corrected chi connectivity index (χ1v) is 17.9. The maximum Gasteiger partial charge on any atom is 0.344 e. The Morgan fingerprint density at radius 3 is 2.44 bits per heavy atom. The van der Waals surface area contributed by atoms with Gasteiger partial charge in [0.05, 0.1) is 38.6 Å². The second kappa shape index (κ2) is 14.9. The number of thioether (sulfide) groups is 1. The molecule has 1 aliphatic heterocycles. The molecule has 3 aromatic carbocycles. The number of nitrogens with zero attached hydrogens (tertiary/aromatic N) is 2. The largest absolute Gasteiger partial charge is 0.480 e. The minimum Gasteiger partial charge on any atom is -0.480 e. The van der Waals surface area contributed by atoms with Crippen LogP contribution >= 0.6 is 61.6 Å². The minimum atomic E-state index is -0.782. The van der Waals surface area contributed by atoms with Crippen LogP contribution < -0.4 is 19.6 Å². The number of thiazole rings is 1. The van der Waals surface area contributed by atoms with Crippen molar-refractivity contribution in [2.45, 2.75) is 24.8 Å². The zero-order valence-electron chi connectivity index (χ0n) is 24.5. The molecule has 0 spiro atoms. The molecule has 0 saturated heterocycles. The van der Waals surface area contributed by atoms with Gasteiger partial charge in [-0.1, -0.05) is 69.7 Å². The number of benzene rings is 3. The van der Waals surface area contributed by atoms with Crippen LogP contribution in [0.3, 0.4) is 0 Å². The molecule has 232 valence electrons. The van der Waals surface area contributed by atoms with Gasteiger partial charge in [0.15, 0.2) is 11.4 Å². The number of aromatic nitrogens is 1. The van der Waals surface area contributed by atoms with Crippen LogP contribution in [0.1, 0.15) is 36.6 Å². The first-order valence-electron chi connectivity index (χ1n) is 14.0. The van der Waals surface area contributed by atoms with Gasteiger partial charge in [0, 0.05) is 20.5 Å². The Morgan fingerprint density at radius 1 is 1.07 bits per heavy atom. The van der Waals surface area contributed by atoms with Crippen molar-refractivity contribution in [1.82, 2.24) is 4.57 Å². The zero-order valence-corrected chi connectivity index (χ0v) is 29.9. The summed E-state index contributed by atoms with van der Waals surface area (Å²) in [6.07, 6.45) is 3.71. The smallest absolute Gasteiger partial charge is 0.344 e. The lowest BCUT2D eigenvalue weighted by molar-refractivity contribution is -0.145. The van der Waals surface area contributed by atoms with Gasteiger partial charge in [-0.05, 0) is 78.6 Å².